The molecule has 0 spiro atoms. The van der Waals surface area contributed by atoms with E-state index in [1.54, 1.807) is 38.2 Å². The van der Waals surface area contributed by atoms with E-state index in [-0.39, 0.29) is 72.5 Å². The number of thiazole rings is 1. The van der Waals surface area contributed by atoms with Crippen molar-refractivity contribution in [2.75, 3.05) is 48.3 Å². The third-order valence-electron chi connectivity index (χ3n) is 21.3. The first-order valence-electron chi connectivity index (χ1n) is 35.4. The van der Waals surface area contributed by atoms with Crippen LogP contribution in [-0.2, 0) is 80.3 Å². The van der Waals surface area contributed by atoms with E-state index >= 15 is 0 Å². The molecule has 4 aliphatic carbocycles. The van der Waals surface area contributed by atoms with Gasteiger partial charge in [0.1, 0.15) is 49.4 Å². The summed E-state index contributed by atoms with van der Waals surface area (Å²) < 4.78 is 21.5. The molecule has 30 nitrogen and oxygen atoms in total. The van der Waals surface area contributed by atoms with Crippen molar-refractivity contribution >= 4 is 97.6 Å². The highest BCUT2D eigenvalue weighted by molar-refractivity contribution is 7.22. The van der Waals surface area contributed by atoms with Crippen molar-refractivity contribution in [3.63, 3.8) is 0 Å². The van der Waals surface area contributed by atoms with E-state index in [9.17, 15) is 73.5 Å². The summed E-state index contributed by atoms with van der Waals surface area (Å²) in [6.07, 6.45) is -0.716. The number of hydrogen-bond acceptors (Lipinski definition) is 21. The molecular weight excluding hydrogens is 1390 g/mol. The molecule has 4 bridgehead atoms. The number of anilines is 3. The fraction of sp³-hybridized carbons (Fsp3) is 0.480. The van der Waals surface area contributed by atoms with Crippen LogP contribution in [0, 0.1) is 29.1 Å². The summed E-state index contributed by atoms with van der Waals surface area (Å²) in [5.74, 6) is -7.40. The Morgan fingerprint density at radius 2 is 1.54 bits per heavy atom. The quantitative estimate of drug-likeness (QED) is 0.0275. The van der Waals surface area contributed by atoms with Gasteiger partial charge in [0.05, 0.1) is 34.7 Å². The number of aliphatic hydroxyl groups excluding tert-OH is 3. The van der Waals surface area contributed by atoms with E-state index in [4.69, 9.17) is 30.0 Å². The van der Waals surface area contributed by atoms with Crippen LogP contribution in [0.25, 0.3) is 21.3 Å². The SMILES string of the molecule is Cc1c(-c2ccc(N3CCc4cccc(C(=O)Nc5nc6ccccc6s5)c4C3)nc2C(=O)O)cnn1CC12CC3(C)CC(C)(C1)CC(OCCN(CCC(N)=O)C(=O)OCc1ccc(NC(=O)[C@H](C)NC(=O)[C@@H](NC(=O)CN4C(=O)C=CC4=O)C(C)C)cc1CCC1O[C@H](C(=O)O)[C@@H](O)[C@H](O)[C@H]1O)(C3)C2. The van der Waals surface area contributed by atoms with Crippen LogP contribution in [0.3, 0.4) is 0 Å². The van der Waals surface area contributed by atoms with Gasteiger partial charge >= 0.3 is 18.0 Å². The Morgan fingerprint density at radius 1 is 0.802 bits per heavy atom. The van der Waals surface area contributed by atoms with E-state index in [0.29, 0.717) is 76.1 Å². The van der Waals surface area contributed by atoms with Crippen LogP contribution in [0.1, 0.15) is 135 Å². The van der Waals surface area contributed by atoms with Crippen molar-refractivity contribution in [1.29, 1.82) is 0 Å². The number of rotatable bonds is 28. The molecule has 3 aromatic carbocycles. The number of carboxylic acids is 2. The largest absolute Gasteiger partial charge is 0.479 e. The van der Waals surface area contributed by atoms with Crippen LogP contribution in [0.15, 0.2) is 91.1 Å². The molecule has 31 heteroatoms. The molecule has 6 heterocycles. The van der Waals surface area contributed by atoms with Gasteiger partial charge in [0.2, 0.25) is 23.6 Å². The molecule has 6 aromatic rings. The van der Waals surface area contributed by atoms with Crippen molar-refractivity contribution in [2.45, 2.75) is 174 Å². The molecule has 9 atom stereocenters. The summed E-state index contributed by atoms with van der Waals surface area (Å²) in [6, 6.07) is 19.1. The topological polar surface area (TPSA) is 427 Å². The van der Waals surface area contributed by atoms with Crippen molar-refractivity contribution in [3.8, 4) is 11.1 Å². The number of aromatic carboxylic acids is 1. The van der Waals surface area contributed by atoms with Crippen LogP contribution in [0.4, 0.5) is 21.4 Å². The van der Waals surface area contributed by atoms with E-state index in [0.717, 1.165) is 71.3 Å². The Morgan fingerprint density at radius 3 is 2.24 bits per heavy atom. The Balaban J connectivity index is 0.710. The second kappa shape index (κ2) is 30.4. The number of ether oxygens (including phenoxy) is 3. The second-order valence-corrected chi connectivity index (χ2v) is 31.3. The van der Waals surface area contributed by atoms with Gasteiger partial charge in [0.25, 0.3) is 17.7 Å². The van der Waals surface area contributed by atoms with Crippen molar-refractivity contribution in [2.24, 2.45) is 27.9 Å². The van der Waals surface area contributed by atoms with Gasteiger partial charge in [-0.05, 0) is 159 Å². The van der Waals surface area contributed by atoms with Gasteiger partial charge in [0, 0.05) is 79.4 Å². The highest BCUT2D eigenvalue weighted by atomic mass is 32.1. The zero-order valence-corrected chi connectivity index (χ0v) is 60.5. The first-order chi connectivity index (χ1) is 50.3. The number of benzene rings is 3. The molecular formula is C75H88N12O18S. The fourth-order valence-corrected chi connectivity index (χ4v) is 18.3. The normalized spacial score (nSPS) is 24.9. The number of primary amides is 1. The van der Waals surface area contributed by atoms with Crippen LogP contribution < -0.4 is 31.9 Å². The number of aromatic nitrogens is 4. The van der Waals surface area contributed by atoms with Gasteiger partial charge in [-0.2, -0.15) is 5.10 Å². The fourth-order valence-electron chi connectivity index (χ4n) is 17.4. The predicted molar refractivity (Wildman–Crippen MR) is 384 cm³/mol. The maximum Gasteiger partial charge on any atom is 0.410 e. The number of aliphatic carboxylic acids is 1. The maximum atomic E-state index is 14.3. The monoisotopic (exact) mass is 1480 g/mol. The zero-order valence-electron chi connectivity index (χ0n) is 59.7. The average molecular weight is 1480 g/mol. The van der Waals surface area contributed by atoms with E-state index in [1.165, 1.54) is 35.3 Å². The molecule has 13 rings (SSSR count). The maximum absolute atomic E-state index is 14.3. The number of pyridine rings is 1. The van der Waals surface area contributed by atoms with Gasteiger partial charge in [-0.25, -0.2) is 24.4 Å². The number of imide groups is 1. The summed E-state index contributed by atoms with van der Waals surface area (Å²) in [7, 11) is 0. The first-order valence-corrected chi connectivity index (χ1v) is 36.2. The molecule has 8 amide bonds. The average Bonchev–Trinajstić information content (AvgIpc) is 0.843. The standard InChI is InChI=1S/C75H88N12O18S/c1-40(2)59(82-56(89)31-86-57(90)20-21-58(86)91)67(97)78-41(3)65(95)79-46-16-14-45(44(28-46)15-18-52-61(92)62(93)63(94)64(105-52)69(100)101)32-103-71(102)84(25-23-54(76)88)26-27-104-75-36-72(5)33-73(6,37-75)35-74(34-72,38-75)39-87-42(4)49(29-77-87)47-17-19-55(81-60(47)68(98)99)85-24-22-43-10-9-11-48(50(43)30-85)66(96)83-70-80-51-12-7-8-13-53(51)106-70/h7-14,16-17,19-21,28-29,40-41,52,59,61-64,92-94H,15,18,22-27,30-39H2,1-6H3,(H2,76,88)(H,78,97)(H,79,95)(H,82,89)(H,98,99)(H,100,101)(H,80,83,96)/t41-,52?,59-,61-,62+,63-,64-,72?,73?,74?,75?/m0/s1. The van der Waals surface area contributed by atoms with Gasteiger partial charge in [0.15, 0.2) is 16.9 Å². The number of aliphatic hydroxyl groups is 3. The van der Waals surface area contributed by atoms with Crippen LogP contribution in [-0.4, -0.2) is 195 Å². The van der Waals surface area contributed by atoms with Gasteiger partial charge in [-0.1, -0.05) is 69.4 Å². The molecule has 3 aromatic heterocycles. The summed E-state index contributed by atoms with van der Waals surface area (Å²) >= 11 is 1.39. The van der Waals surface area contributed by atoms with Gasteiger partial charge < -0.3 is 71.2 Å². The number of nitrogens with zero attached hydrogens (tertiary/aromatic N) is 7. The Kier molecular flexibility index (Phi) is 21.7. The number of fused-ring (bicyclic) bond motifs is 2. The summed E-state index contributed by atoms with van der Waals surface area (Å²) in [6.45, 7) is 11.5. The molecule has 5 fully saturated rings. The smallest absolute Gasteiger partial charge is 0.410 e. The Bertz CT molecular complexity index is 4450. The number of nitrogens with two attached hydrogens (primary N) is 1. The molecule has 562 valence electrons. The molecule has 0 radical (unpaired) electrons. The number of carboxylic acid groups (broad SMARTS) is 2. The lowest BCUT2D eigenvalue weighted by Gasteiger charge is -2.69. The van der Waals surface area contributed by atoms with Crippen LogP contribution in [0.5, 0.6) is 0 Å². The van der Waals surface area contributed by atoms with Crippen molar-refractivity contribution < 1.29 is 87.7 Å². The predicted octanol–water partition coefficient (Wildman–Crippen LogP) is 5.40. The van der Waals surface area contributed by atoms with Crippen molar-refractivity contribution in [3.05, 3.63) is 130 Å². The summed E-state index contributed by atoms with van der Waals surface area (Å²) in [5, 5.41) is 68.8. The zero-order chi connectivity index (χ0) is 75.9. The minimum absolute atomic E-state index is 0.00526. The number of amides is 8. The summed E-state index contributed by atoms with van der Waals surface area (Å²) in [4.78, 5) is 144. The highest BCUT2D eigenvalue weighted by Crippen LogP contribution is 2.72. The minimum Gasteiger partial charge on any atom is -0.479 e. The van der Waals surface area contributed by atoms with Crippen LogP contribution >= 0.6 is 11.3 Å². The number of hydrogen-bond donors (Lipinski definition) is 10. The second-order valence-electron chi connectivity index (χ2n) is 30.2. The molecule has 1 saturated heterocycles. The Hall–Kier alpha value is -10.0. The number of carbonyl (C=O) groups excluding carboxylic acids is 8. The number of nitrogens with one attached hydrogen (secondary N) is 4. The lowest BCUT2D eigenvalue weighted by Crippen LogP contribution is -2.64. The lowest BCUT2D eigenvalue weighted by atomic mass is 9.39. The summed E-state index contributed by atoms with van der Waals surface area (Å²) in [5.41, 5.74) is 10.2. The molecule has 3 aliphatic heterocycles. The molecule has 11 N–H and O–H groups in total. The molecule has 4 saturated carbocycles. The number of aryl methyl sites for hydroxylation is 1. The van der Waals surface area contributed by atoms with Crippen molar-refractivity contribution in [1.82, 2.24) is 40.2 Å². The van der Waals surface area contributed by atoms with Gasteiger partial charge in [-0.15, -0.1) is 0 Å². The van der Waals surface area contributed by atoms with Crippen LogP contribution in [0.2, 0.25) is 0 Å². The number of carbonyl (C=O) groups is 10. The molecule has 7 aliphatic rings. The minimum atomic E-state index is -1.94. The Labute approximate surface area is 614 Å². The van der Waals surface area contributed by atoms with E-state index in [2.05, 4.69) is 40.1 Å². The van der Waals surface area contributed by atoms with E-state index < -0.39 is 121 Å². The lowest BCUT2D eigenvalue weighted by molar-refractivity contribution is -0.248. The third-order valence-corrected chi connectivity index (χ3v) is 22.3. The third kappa shape index (κ3) is 16.3. The van der Waals surface area contributed by atoms with Gasteiger partial charge in [-0.3, -0.25) is 48.5 Å². The molecule has 3 unspecified atom stereocenters. The number of para-hydroxylation sites is 1. The first kappa shape index (κ1) is 75.6. The van der Waals surface area contributed by atoms with E-state index in [1.807, 2.05) is 59.0 Å². The highest BCUT2D eigenvalue weighted by Gasteiger charge is 2.66. The molecule has 106 heavy (non-hydrogen) atoms.